The minimum absolute atomic E-state index is 0.208. The van der Waals surface area contributed by atoms with Gasteiger partial charge in [0.2, 0.25) is 0 Å². The van der Waals surface area contributed by atoms with Crippen LogP contribution in [-0.4, -0.2) is 18.7 Å². The molecule has 1 aromatic carbocycles. The molecule has 4 heteroatoms. The first-order valence-corrected chi connectivity index (χ1v) is 6.00. The lowest BCUT2D eigenvalue weighted by Crippen LogP contribution is -2.19. The number of rotatable bonds is 5. The van der Waals surface area contributed by atoms with Crippen molar-refractivity contribution in [3.05, 3.63) is 29.8 Å². The average Bonchev–Trinajstić information content (AvgIpc) is 2.35. The minimum atomic E-state index is -0.208. The maximum atomic E-state index is 11.8. The van der Waals surface area contributed by atoms with Crippen molar-refractivity contribution < 1.29 is 9.53 Å². The van der Waals surface area contributed by atoms with Gasteiger partial charge >= 0.3 is 0 Å². The highest BCUT2D eigenvalue weighted by Gasteiger charge is 2.05. The number of nitrogens with zero attached hydrogens (tertiary/aromatic N) is 1. The second-order valence-corrected chi connectivity index (χ2v) is 4.61. The van der Waals surface area contributed by atoms with E-state index in [1.54, 1.807) is 31.4 Å². The first-order chi connectivity index (χ1) is 8.52. The summed E-state index contributed by atoms with van der Waals surface area (Å²) in [6.07, 6.45) is 0.878. The molecule has 18 heavy (non-hydrogen) atoms. The van der Waals surface area contributed by atoms with Crippen molar-refractivity contribution in [3.8, 4) is 5.75 Å². The van der Waals surface area contributed by atoms with Crippen LogP contribution >= 0.6 is 0 Å². The molecule has 0 unspecified atom stereocenters. The summed E-state index contributed by atoms with van der Waals surface area (Å²) in [6, 6.07) is 6.92. The van der Waals surface area contributed by atoms with Crippen LogP contribution in [0.15, 0.2) is 29.4 Å². The molecule has 0 aliphatic heterocycles. The molecule has 0 atom stereocenters. The van der Waals surface area contributed by atoms with Crippen LogP contribution in [-0.2, 0) is 0 Å². The van der Waals surface area contributed by atoms with Crippen LogP contribution in [0.4, 0.5) is 0 Å². The largest absolute Gasteiger partial charge is 0.497 e. The topological polar surface area (TPSA) is 50.7 Å². The molecule has 0 aliphatic rings. The molecule has 0 bridgehead atoms. The Hall–Kier alpha value is -1.84. The van der Waals surface area contributed by atoms with Gasteiger partial charge < -0.3 is 4.74 Å². The van der Waals surface area contributed by atoms with Gasteiger partial charge in [-0.25, -0.2) is 5.43 Å². The van der Waals surface area contributed by atoms with Crippen LogP contribution in [0.1, 0.15) is 37.6 Å². The van der Waals surface area contributed by atoms with E-state index in [9.17, 15) is 4.79 Å². The number of carbonyl (C=O) groups is 1. The maximum absolute atomic E-state index is 11.8. The predicted octanol–water partition coefficient (Wildman–Crippen LogP) is 2.85. The van der Waals surface area contributed by atoms with Crippen molar-refractivity contribution in [2.75, 3.05) is 7.11 Å². The summed E-state index contributed by atoms with van der Waals surface area (Å²) >= 11 is 0. The van der Waals surface area contributed by atoms with E-state index in [4.69, 9.17) is 4.74 Å². The quantitative estimate of drug-likeness (QED) is 0.643. The highest BCUT2D eigenvalue weighted by atomic mass is 16.5. The van der Waals surface area contributed by atoms with Gasteiger partial charge in [0.05, 0.1) is 7.11 Å². The fourth-order valence-corrected chi connectivity index (χ4v) is 1.59. The van der Waals surface area contributed by atoms with E-state index in [2.05, 4.69) is 24.4 Å². The van der Waals surface area contributed by atoms with Gasteiger partial charge in [0.25, 0.3) is 5.91 Å². The first-order valence-electron chi connectivity index (χ1n) is 6.00. The van der Waals surface area contributed by atoms with E-state index in [-0.39, 0.29) is 5.91 Å². The van der Waals surface area contributed by atoms with Crippen LogP contribution in [0.2, 0.25) is 0 Å². The van der Waals surface area contributed by atoms with Crippen molar-refractivity contribution in [3.63, 3.8) is 0 Å². The van der Waals surface area contributed by atoms with Crippen LogP contribution in [0.5, 0.6) is 5.75 Å². The Kier molecular flexibility index (Phi) is 5.36. The Bertz CT molecular complexity index is 422. The van der Waals surface area contributed by atoms with Gasteiger partial charge in [-0.3, -0.25) is 4.79 Å². The molecule has 98 valence electrons. The average molecular weight is 248 g/mol. The van der Waals surface area contributed by atoms with E-state index < -0.39 is 0 Å². The molecular weight excluding hydrogens is 228 g/mol. The summed E-state index contributed by atoms with van der Waals surface area (Å²) in [5.74, 6) is 1.05. The second-order valence-electron chi connectivity index (χ2n) is 4.61. The summed E-state index contributed by atoms with van der Waals surface area (Å²) in [4.78, 5) is 11.8. The molecule has 0 fully saturated rings. The zero-order valence-corrected chi connectivity index (χ0v) is 11.4. The molecule has 0 aliphatic carbocycles. The molecule has 1 N–H and O–H groups in total. The molecule has 1 aromatic rings. The van der Waals surface area contributed by atoms with Gasteiger partial charge in [0.15, 0.2) is 0 Å². The number of hydrogen-bond acceptors (Lipinski definition) is 3. The van der Waals surface area contributed by atoms with Crippen molar-refractivity contribution in [1.29, 1.82) is 0 Å². The van der Waals surface area contributed by atoms with E-state index in [0.717, 1.165) is 17.9 Å². The van der Waals surface area contributed by atoms with Crippen molar-refractivity contribution in [2.45, 2.75) is 27.2 Å². The van der Waals surface area contributed by atoms with E-state index in [1.165, 1.54) is 0 Å². The third-order valence-corrected chi connectivity index (χ3v) is 2.40. The summed E-state index contributed by atoms with van der Waals surface area (Å²) in [5, 5.41) is 4.07. The number of nitrogens with one attached hydrogen (secondary N) is 1. The minimum Gasteiger partial charge on any atom is -0.497 e. The SMILES string of the molecule is COc1ccc(C(=O)NN=C(C)CC(C)C)cc1. The molecule has 0 saturated heterocycles. The number of carbonyl (C=O) groups excluding carboxylic acids is 1. The smallest absolute Gasteiger partial charge is 0.271 e. The van der Waals surface area contributed by atoms with Crippen molar-refractivity contribution in [1.82, 2.24) is 5.43 Å². The maximum Gasteiger partial charge on any atom is 0.271 e. The van der Waals surface area contributed by atoms with E-state index >= 15 is 0 Å². The third kappa shape index (κ3) is 4.57. The first kappa shape index (κ1) is 14.2. The van der Waals surface area contributed by atoms with Gasteiger partial charge in [-0.2, -0.15) is 5.10 Å². The lowest BCUT2D eigenvalue weighted by atomic mass is 10.1. The fraction of sp³-hybridized carbons (Fsp3) is 0.429. The monoisotopic (exact) mass is 248 g/mol. The molecule has 1 amide bonds. The number of methoxy groups -OCH3 is 1. The molecule has 0 aromatic heterocycles. The Labute approximate surface area is 108 Å². The molecule has 0 radical (unpaired) electrons. The van der Waals surface area contributed by atoms with Crippen LogP contribution in [0.25, 0.3) is 0 Å². The lowest BCUT2D eigenvalue weighted by Gasteiger charge is -2.05. The Balaban J connectivity index is 2.59. The lowest BCUT2D eigenvalue weighted by molar-refractivity contribution is 0.0954. The van der Waals surface area contributed by atoms with Gasteiger partial charge in [-0.05, 0) is 43.5 Å². The molecule has 0 saturated carbocycles. The Morgan fingerprint density at radius 3 is 2.44 bits per heavy atom. The van der Waals surface area contributed by atoms with Crippen molar-refractivity contribution in [2.24, 2.45) is 11.0 Å². The number of amides is 1. The van der Waals surface area contributed by atoms with E-state index in [0.29, 0.717) is 11.5 Å². The normalized spacial score (nSPS) is 11.5. The Morgan fingerprint density at radius 1 is 1.33 bits per heavy atom. The van der Waals surface area contributed by atoms with Gasteiger partial charge in [0.1, 0.15) is 5.75 Å². The van der Waals surface area contributed by atoms with Crippen LogP contribution < -0.4 is 10.2 Å². The highest BCUT2D eigenvalue weighted by molar-refractivity contribution is 5.95. The van der Waals surface area contributed by atoms with Gasteiger partial charge in [0, 0.05) is 11.3 Å². The van der Waals surface area contributed by atoms with Crippen LogP contribution in [0, 0.1) is 5.92 Å². The van der Waals surface area contributed by atoms with E-state index in [1.807, 2.05) is 6.92 Å². The predicted molar refractivity (Wildman–Crippen MR) is 73.0 cm³/mol. The summed E-state index contributed by atoms with van der Waals surface area (Å²) < 4.78 is 5.03. The third-order valence-electron chi connectivity index (χ3n) is 2.40. The standard InChI is InChI=1S/C14H20N2O2/c1-10(2)9-11(3)15-16-14(17)12-5-7-13(18-4)8-6-12/h5-8,10H,9H2,1-4H3,(H,16,17). The molecule has 1 rings (SSSR count). The zero-order chi connectivity index (χ0) is 13.5. The zero-order valence-electron chi connectivity index (χ0n) is 11.4. The van der Waals surface area contributed by atoms with Crippen molar-refractivity contribution >= 4 is 11.6 Å². The second kappa shape index (κ2) is 6.79. The van der Waals surface area contributed by atoms with Gasteiger partial charge in [-0.15, -0.1) is 0 Å². The highest BCUT2D eigenvalue weighted by Crippen LogP contribution is 2.11. The summed E-state index contributed by atoms with van der Waals surface area (Å²) in [6.45, 7) is 6.14. The van der Waals surface area contributed by atoms with Gasteiger partial charge in [-0.1, -0.05) is 13.8 Å². The molecule has 0 spiro atoms. The number of hydrogen-bond donors (Lipinski definition) is 1. The number of benzene rings is 1. The Morgan fingerprint density at radius 2 is 1.94 bits per heavy atom. The number of hydrazone groups is 1. The fourth-order valence-electron chi connectivity index (χ4n) is 1.59. The summed E-state index contributed by atoms with van der Waals surface area (Å²) in [5.41, 5.74) is 4.04. The number of ether oxygens (including phenoxy) is 1. The molecule has 4 nitrogen and oxygen atoms in total. The van der Waals surface area contributed by atoms with Crippen LogP contribution in [0.3, 0.4) is 0 Å². The molecular formula is C14H20N2O2. The summed E-state index contributed by atoms with van der Waals surface area (Å²) in [7, 11) is 1.59. The molecule has 0 heterocycles.